The summed E-state index contributed by atoms with van der Waals surface area (Å²) in [5.74, 6) is 0. The fourth-order valence-electron chi connectivity index (χ4n) is 12.5. The molecule has 0 aliphatic carbocycles. The lowest BCUT2D eigenvalue weighted by atomic mass is 10.0. The van der Waals surface area contributed by atoms with E-state index in [4.69, 9.17) is 4.98 Å². The zero-order chi connectivity index (χ0) is 47.9. The summed E-state index contributed by atoms with van der Waals surface area (Å²) in [4.78, 5) is 5.18. The smallest absolute Gasteiger partial charge is 0.105 e. The van der Waals surface area contributed by atoms with Crippen LogP contribution in [0.3, 0.4) is 0 Å². The number of fused-ring (bicyclic) bond motifs is 15. The number of nitriles is 1. The number of aromatic nitrogens is 6. The molecule has 16 aromatic rings. The van der Waals surface area contributed by atoms with Gasteiger partial charge in [0.1, 0.15) is 11.6 Å². The normalized spacial score (nSPS) is 12.1. The van der Waals surface area contributed by atoms with Gasteiger partial charge in [-0.2, -0.15) is 5.26 Å². The van der Waals surface area contributed by atoms with E-state index in [2.05, 4.69) is 253 Å². The van der Waals surface area contributed by atoms with E-state index in [9.17, 15) is 5.26 Å². The van der Waals surface area contributed by atoms with E-state index < -0.39 is 0 Å². The lowest BCUT2D eigenvalue weighted by molar-refractivity contribution is 0.992. The first-order valence-corrected chi connectivity index (χ1v) is 24.7. The minimum atomic E-state index is 0.523. The Labute approximate surface area is 417 Å². The number of pyridine rings is 1. The largest absolute Gasteiger partial charge is 0.306 e. The van der Waals surface area contributed by atoms with Crippen molar-refractivity contribution in [3.63, 3.8) is 0 Å². The number of benzene rings is 10. The van der Waals surface area contributed by atoms with Crippen molar-refractivity contribution in [3.8, 4) is 34.5 Å². The van der Waals surface area contributed by atoms with E-state index in [1.54, 1.807) is 0 Å². The first kappa shape index (κ1) is 39.7. The molecule has 7 heteroatoms. The Morgan fingerprint density at radius 3 is 0.767 bits per heavy atom. The van der Waals surface area contributed by atoms with Gasteiger partial charge in [-0.3, -0.25) is 4.98 Å². The minimum Gasteiger partial charge on any atom is -0.306 e. The summed E-state index contributed by atoms with van der Waals surface area (Å²) < 4.78 is 12.1. The van der Waals surface area contributed by atoms with Crippen LogP contribution in [0.4, 0.5) is 0 Å². The summed E-state index contributed by atoms with van der Waals surface area (Å²) in [5, 5.41) is 22.7. The SMILES string of the molecule is N#Cc1c(-n2c3ccccc3c3ccccc32)c(-n2c3ccccc3c3ccccc32)c(-n2c3ccccc3c3ncccc32)c(-n2c3ccccc3c3ccccc32)c1-n1c2ccccc2c2ccccc21. The molecule has 0 saturated carbocycles. The molecule has 0 radical (unpaired) electrons. The Kier molecular flexibility index (Phi) is 8.11. The van der Waals surface area contributed by atoms with Gasteiger partial charge in [0.15, 0.2) is 0 Å². The molecule has 0 N–H and O–H groups in total. The average molecular weight is 930 g/mol. The second-order valence-corrected chi connectivity index (χ2v) is 18.9. The number of hydrogen-bond donors (Lipinski definition) is 0. The molecule has 0 spiro atoms. The molecule has 0 bridgehead atoms. The van der Waals surface area contributed by atoms with Crippen LogP contribution in [0.5, 0.6) is 0 Å². The highest BCUT2D eigenvalue weighted by Gasteiger charge is 2.36. The molecule has 0 fully saturated rings. The fraction of sp³-hybridized carbons (Fsp3) is 0. The van der Waals surface area contributed by atoms with Crippen LogP contribution in [0.15, 0.2) is 237 Å². The summed E-state index contributed by atoms with van der Waals surface area (Å²) in [6.45, 7) is 0. The fourth-order valence-corrected chi connectivity index (χ4v) is 12.5. The van der Waals surface area contributed by atoms with Gasteiger partial charge in [0.25, 0.3) is 0 Å². The standard InChI is InChI=1S/C66H39N7/c67-40-50-62(69-51-29-10-1-20-41(51)42-21-2-11-30-52(42)69)64(71-55-33-14-5-24-45(55)46-25-6-15-34-56(46)71)66(73-59-37-18-9-28-49(59)61-60(73)38-19-39-68-61)65(72-57-35-16-7-26-47(57)48-27-8-17-36-58(48)72)63(50)70-53-31-12-3-22-43(53)44-23-4-13-32-54(44)70/h1-39H. The molecular weight excluding hydrogens is 891 g/mol. The predicted molar refractivity (Wildman–Crippen MR) is 301 cm³/mol. The van der Waals surface area contributed by atoms with Gasteiger partial charge in [0.05, 0.1) is 89.1 Å². The van der Waals surface area contributed by atoms with E-state index in [0.29, 0.717) is 5.56 Å². The van der Waals surface area contributed by atoms with Crippen molar-refractivity contribution in [3.05, 3.63) is 242 Å². The van der Waals surface area contributed by atoms with Crippen LogP contribution in [0, 0.1) is 11.3 Å². The molecule has 0 amide bonds. The van der Waals surface area contributed by atoms with Crippen LogP contribution in [-0.4, -0.2) is 27.8 Å². The number of nitrogens with zero attached hydrogens (tertiary/aromatic N) is 7. The van der Waals surface area contributed by atoms with Gasteiger partial charge in [-0.1, -0.05) is 164 Å². The van der Waals surface area contributed by atoms with Crippen molar-refractivity contribution in [2.45, 2.75) is 0 Å². The van der Waals surface area contributed by atoms with Crippen molar-refractivity contribution < 1.29 is 0 Å². The van der Waals surface area contributed by atoms with Crippen LogP contribution < -0.4 is 0 Å². The van der Waals surface area contributed by atoms with Crippen LogP contribution in [-0.2, 0) is 0 Å². The zero-order valence-electron chi connectivity index (χ0n) is 39.1. The van der Waals surface area contributed by atoms with Gasteiger partial charge in [-0.25, -0.2) is 0 Å². The molecule has 0 aliphatic heterocycles. The van der Waals surface area contributed by atoms with Crippen molar-refractivity contribution in [1.82, 2.24) is 27.8 Å². The van der Waals surface area contributed by atoms with Gasteiger partial charge in [-0.05, 0) is 66.7 Å². The third kappa shape index (κ3) is 5.23. The van der Waals surface area contributed by atoms with E-state index >= 15 is 0 Å². The Morgan fingerprint density at radius 2 is 0.466 bits per heavy atom. The van der Waals surface area contributed by atoms with Crippen molar-refractivity contribution in [1.29, 1.82) is 5.26 Å². The van der Waals surface area contributed by atoms with Crippen molar-refractivity contribution >= 4 is 109 Å². The maximum atomic E-state index is 12.8. The second-order valence-electron chi connectivity index (χ2n) is 18.9. The maximum Gasteiger partial charge on any atom is 0.105 e. The summed E-state index contributed by atoms with van der Waals surface area (Å²) in [6.07, 6.45) is 1.90. The molecule has 0 atom stereocenters. The Hall–Kier alpha value is -10.2. The summed E-state index contributed by atoms with van der Waals surface area (Å²) in [6, 6.07) is 85.4. The highest BCUT2D eigenvalue weighted by atomic mass is 15.2. The molecule has 0 unspecified atom stereocenters. The second kappa shape index (κ2) is 14.9. The van der Waals surface area contributed by atoms with Crippen molar-refractivity contribution in [2.24, 2.45) is 0 Å². The lowest BCUT2D eigenvalue weighted by Crippen LogP contribution is -2.18. The Morgan fingerprint density at radius 1 is 0.247 bits per heavy atom. The maximum absolute atomic E-state index is 12.8. The molecule has 73 heavy (non-hydrogen) atoms. The van der Waals surface area contributed by atoms with Crippen LogP contribution in [0.2, 0.25) is 0 Å². The minimum absolute atomic E-state index is 0.523. The molecule has 10 aromatic carbocycles. The van der Waals surface area contributed by atoms with E-state index in [1.165, 1.54) is 0 Å². The Bertz CT molecular complexity index is 4550. The van der Waals surface area contributed by atoms with Crippen LogP contribution in [0.1, 0.15) is 5.56 Å². The molecule has 6 aromatic heterocycles. The number of hydrogen-bond acceptors (Lipinski definition) is 2. The summed E-state index contributed by atoms with van der Waals surface area (Å²) in [7, 11) is 0. The zero-order valence-corrected chi connectivity index (χ0v) is 39.1. The predicted octanol–water partition coefficient (Wildman–Crippen LogP) is 16.4. The van der Waals surface area contributed by atoms with E-state index in [0.717, 1.165) is 138 Å². The molecule has 0 saturated heterocycles. The highest BCUT2D eigenvalue weighted by molar-refractivity contribution is 6.17. The monoisotopic (exact) mass is 929 g/mol. The molecule has 0 aliphatic rings. The lowest BCUT2D eigenvalue weighted by Gasteiger charge is -2.30. The molecule has 6 heterocycles. The van der Waals surface area contributed by atoms with E-state index in [1.807, 2.05) is 12.3 Å². The van der Waals surface area contributed by atoms with Gasteiger partial charge >= 0.3 is 0 Å². The number of para-hydroxylation sites is 9. The average Bonchev–Trinajstić information content (AvgIpc) is 4.25. The van der Waals surface area contributed by atoms with Crippen molar-refractivity contribution in [2.75, 3.05) is 0 Å². The third-order valence-corrected chi connectivity index (χ3v) is 15.3. The summed E-state index contributed by atoms with van der Waals surface area (Å²) in [5.41, 5.74) is 15.5. The highest BCUT2D eigenvalue weighted by Crippen LogP contribution is 2.51. The number of rotatable bonds is 5. The van der Waals surface area contributed by atoms with Gasteiger partial charge < -0.3 is 22.8 Å². The van der Waals surface area contributed by atoms with E-state index in [-0.39, 0.29) is 0 Å². The van der Waals surface area contributed by atoms with Gasteiger partial charge in [0, 0.05) is 54.7 Å². The first-order chi connectivity index (χ1) is 36.3. The van der Waals surface area contributed by atoms with Gasteiger partial charge in [0.2, 0.25) is 0 Å². The van der Waals surface area contributed by atoms with Crippen LogP contribution in [0.25, 0.3) is 138 Å². The topological polar surface area (TPSA) is 61.3 Å². The summed E-state index contributed by atoms with van der Waals surface area (Å²) >= 11 is 0. The molecular formula is C66H39N7. The van der Waals surface area contributed by atoms with Crippen LogP contribution >= 0.6 is 0 Å². The molecule has 16 rings (SSSR count). The quantitative estimate of drug-likeness (QED) is 0.173. The Balaban J connectivity index is 1.31. The third-order valence-electron chi connectivity index (χ3n) is 15.3. The molecule has 338 valence electrons. The first-order valence-electron chi connectivity index (χ1n) is 24.7. The van der Waals surface area contributed by atoms with Gasteiger partial charge in [-0.15, -0.1) is 0 Å². The molecule has 7 nitrogen and oxygen atoms in total.